The molecule has 0 saturated heterocycles. The standard InChI is InChI=1S/C22H23ClN2O3S/c1-4-11-27-18-8-5-16(6-9-18)19-13-29-22(24-19)25-21(26)15(3)28-20-10-7-17(23)12-14(20)2/h5-10,12-13,15H,4,11H2,1-3H3,(H,24,25,26). The van der Waals surface area contributed by atoms with Gasteiger partial charge in [0.1, 0.15) is 11.5 Å². The van der Waals surface area contributed by atoms with Crippen molar-refractivity contribution >= 4 is 34.0 Å². The van der Waals surface area contributed by atoms with E-state index in [9.17, 15) is 4.79 Å². The lowest BCUT2D eigenvalue weighted by Gasteiger charge is -2.15. The summed E-state index contributed by atoms with van der Waals surface area (Å²) in [5, 5.41) is 5.88. The molecule has 0 spiro atoms. The Morgan fingerprint density at radius 2 is 2.00 bits per heavy atom. The Morgan fingerprint density at radius 1 is 1.24 bits per heavy atom. The van der Waals surface area contributed by atoms with E-state index in [1.165, 1.54) is 11.3 Å². The van der Waals surface area contributed by atoms with Gasteiger partial charge < -0.3 is 9.47 Å². The van der Waals surface area contributed by atoms with Crippen LogP contribution in [0.25, 0.3) is 11.3 Å². The maximum absolute atomic E-state index is 12.5. The van der Waals surface area contributed by atoms with E-state index in [4.69, 9.17) is 21.1 Å². The first-order valence-electron chi connectivity index (χ1n) is 9.38. The van der Waals surface area contributed by atoms with E-state index < -0.39 is 6.10 Å². The molecule has 3 rings (SSSR count). The van der Waals surface area contributed by atoms with E-state index in [0.717, 1.165) is 29.0 Å². The number of nitrogens with one attached hydrogen (secondary N) is 1. The number of aromatic nitrogens is 1. The van der Waals surface area contributed by atoms with Crippen LogP contribution in [0, 0.1) is 6.92 Å². The maximum Gasteiger partial charge on any atom is 0.266 e. The minimum absolute atomic E-state index is 0.261. The maximum atomic E-state index is 12.5. The van der Waals surface area contributed by atoms with Crippen LogP contribution < -0.4 is 14.8 Å². The van der Waals surface area contributed by atoms with Gasteiger partial charge in [0.15, 0.2) is 11.2 Å². The molecule has 2 aromatic carbocycles. The summed E-state index contributed by atoms with van der Waals surface area (Å²) in [6.07, 6.45) is 0.300. The second-order valence-electron chi connectivity index (χ2n) is 6.57. The number of nitrogens with zero attached hydrogens (tertiary/aromatic N) is 1. The molecular formula is C22H23ClN2O3S. The summed E-state index contributed by atoms with van der Waals surface area (Å²) in [4.78, 5) is 17.0. The van der Waals surface area contributed by atoms with Gasteiger partial charge >= 0.3 is 0 Å². The number of amides is 1. The van der Waals surface area contributed by atoms with Crippen LogP contribution in [0.4, 0.5) is 5.13 Å². The van der Waals surface area contributed by atoms with Gasteiger partial charge in [0, 0.05) is 16.0 Å². The molecule has 152 valence electrons. The van der Waals surface area contributed by atoms with E-state index in [2.05, 4.69) is 17.2 Å². The Balaban J connectivity index is 1.60. The number of carbonyl (C=O) groups excluding carboxylic acids is 1. The monoisotopic (exact) mass is 430 g/mol. The number of hydrogen-bond acceptors (Lipinski definition) is 5. The first kappa shape index (κ1) is 21.1. The molecule has 1 heterocycles. The average Bonchev–Trinajstić information content (AvgIpc) is 3.17. The molecule has 0 saturated carbocycles. The highest BCUT2D eigenvalue weighted by atomic mass is 35.5. The van der Waals surface area contributed by atoms with Gasteiger partial charge in [0.25, 0.3) is 5.91 Å². The molecule has 0 aliphatic heterocycles. The minimum atomic E-state index is -0.669. The Morgan fingerprint density at radius 3 is 2.69 bits per heavy atom. The van der Waals surface area contributed by atoms with Crippen LogP contribution in [0.3, 0.4) is 0 Å². The number of ether oxygens (including phenoxy) is 2. The molecular weight excluding hydrogens is 408 g/mol. The lowest BCUT2D eigenvalue weighted by molar-refractivity contribution is -0.122. The first-order valence-corrected chi connectivity index (χ1v) is 10.6. The molecule has 1 amide bonds. The molecule has 3 aromatic rings. The number of anilines is 1. The number of hydrogen-bond donors (Lipinski definition) is 1. The van der Waals surface area contributed by atoms with E-state index in [1.807, 2.05) is 36.6 Å². The summed E-state index contributed by atoms with van der Waals surface area (Å²) in [7, 11) is 0. The molecule has 5 nitrogen and oxygen atoms in total. The van der Waals surface area contributed by atoms with Crippen LogP contribution in [0.1, 0.15) is 25.8 Å². The molecule has 1 aromatic heterocycles. The van der Waals surface area contributed by atoms with Gasteiger partial charge in [-0.3, -0.25) is 10.1 Å². The van der Waals surface area contributed by atoms with Crippen molar-refractivity contribution in [3.63, 3.8) is 0 Å². The van der Waals surface area contributed by atoms with Crippen molar-refractivity contribution in [3.05, 3.63) is 58.4 Å². The molecule has 0 bridgehead atoms. The number of thiazole rings is 1. The first-order chi connectivity index (χ1) is 14.0. The molecule has 0 fully saturated rings. The largest absolute Gasteiger partial charge is 0.494 e. The zero-order chi connectivity index (χ0) is 20.8. The van der Waals surface area contributed by atoms with Crippen LogP contribution in [0.15, 0.2) is 47.8 Å². The number of benzene rings is 2. The van der Waals surface area contributed by atoms with Crippen molar-refractivity contribution in [1.82, 2.24) is 4.98 Å². The second kappa shape index (κ2) is 9.76. The Bertz CT molecular complexity index is 972. The molecule has 1 N–H and O–H groups in total. The lowest BCUT2D eigenvalue weighted by Crippen LogP contribution is -2.30. The topological polar surface area (TPSA) is 60.5 Å². The normalized spacial score (nSPS) is 11.7. The van der Waals surface area contributed by atoms with Crippen LogP contribution in [-0.4, -0.2) is 23.6 Å². The summed E-state index contributed by atoms with van der Waals surface area (Å²) < 4.78 is 11.4. The third-order valence-electron chi connectivity index (χ3n) is 4.17. The smallest absolute Gasteiger partial charge is 0.266 e. The summed E-state index contributed by atoms with van der Waals surface area (Å²) in [5.74, 6) is 1.20. The number of carbonyl (C=O) groups is 1. The van der Waals surface area contributed by atoms with Gasteiger partial charge in [-0.2, -0.15) is 0 Å². The summed E-state index contributed by atoms with van der Waals surface area (Å²) in [6, 6.07) is 13.1. The van der Waals surface area contributed by atoms with Gasteiger partial charge in [-0.1, -0.05) is 18.5 Å². The van der Waals surface area contributed by atoms with Gasteiger partial charge in [0.2, 0.25) is 0 Å². The summed E-state index contributed by atoms with van der Waals surface area (Å²) in [6.45, 7) is 6.36. The highest BCUT2D eigenvalue weighted by molar-refractivity contribution is 7.14. The fourth-order valence-electron chi connectivity index (χ4n) is 2.60. The molecule has 29 heavy (non-hydrogen) atoms. The minimum Gasteiger partial charge on any atom is -0.494 e. The van der Waals surface area contributed by atoms with Gasteiger partial charge in [0.05, 0.1) is 12.3 Å². The molecule has 7 heteroatoms. The van der Waals surface area contributed by atoms with E-state index in [-0.39, 0.29) is 5.91 Å². The van der Waals surface area contributed by atoms with E-state index >= 15 is 0 Å². The van der Waals surface area contributed by atoms with Crippen molar-refractivity contribution in [1.29, 1.82) is 0 Å². The molecule has 0 aliphatic carbocycles. The van der Waals surface area contributed by atoms with Gasteiger partial charge in [-0.05, 0) is 68.3 Å². The number of halogens is 1. The predicted octanol–water partition coefficient (Wildman–Crippen LogP) is 5.97. The number of rotatable bonds is 8. The second-order valence-corrected chi connectivity index (χ2v) is 7.86. The third-order valence-corrected chi connectivity index (χ3v) is 5.16. The quantitative estimate of drug-likeness (QED) is 0.478. The predicted molar refractivity (Wildman–Crippen MR) is 118 cm³/mol. The highest BCUT2D eigenvalue weighted by Crippen LogP contribution is 2.27. The Hall–Kier alpha value is -2.57. The highest BCUT2D eigenvalue weighted by Gasteiger charge is 2.17. The molecule has 1 unspecified atom stereocenters. The van der Waals surface area contributed by atoms with Crippen molar-refractivity contribution in [2.75, 3.05) is 11.9 Å². The van der Waals surface area contributed by atoms with Crippen LogP contribution in [0.5, 0.6) is 11.5 Å². The van der Waals surface area contributed by atoms with Crippen molar-refractivity contribution in [2.24, 2.45) is 0 Å². The van der Waals surface area contributed by atoms with E-state index in [0.29, 0.717) is 22.5 Å². The molecule has 0 aliphatic rings. The zero-order valence-corrected chi connectivity index (χ0v) is 18.1. The fourth-order valence-corrected chi connectivity index (χ4v) is 3.55. The molecule has 1 atom stereocenters. The Labute approximate surface area is 179 Å². The van der Waals surface area contributed by atoms with Gasteiger partial charge in [-0.25, -0.2) is 4.98 Å². The van der Waals surface area contributed by atoms with Crippen LogP contribution in [0.2, 0.25) is 5.02 Å². The number of aryl methyl sites for hydroxylation is 1. The third kappa shape index (κ3) is 5.71. The van der Waals surface area contributed by atoms with Gasteiger partial charge in [-0.15, -0.1) is 11.3 Å². The van der Waals surface area contributed by atoms with Crippen LogP contribution >= 0.6 is 22.9 Å². The van der Waals surface area contributed by atoms with Crippen LogP contribution in [-0.2, 0) is 4.79 Å². The summed E-state index contributed by atoms with van der Waals surface area (Å²) in [5.41, 5.74) is 2.64. The lowest BCUT2D eigenvalue weighted by atomic mass is 10.2. The van der Waals surface area contributed by atoms with Crippen molar-refractivity contribution in [3.8, 4) is 22.8 Å². The molecule has 0 radical (unpaired) electrons. The Kier molecular flexibility index (Phi) is 7.12. The van der Waals surface area contributed by atoms with Crippen molar-refractivity contribution < 1.29 is 14.3 Å². The average molecular weight is 431 g/mol. The fraction of sp³-hybridized carbons (Fsp3) is 0.273. The van der Waals surface area contributed by atoms with Crippen molar-refractivity contribution in [2.45, 2.75) is 33.3 Å². The SMILES string of the molecule is CCCOc1ccc(-c2csc(NC(=O)C(C)Oc3ccc(Cl)cc3C)n2)cc1. The summed E-state index contributed by atoms with van der Waals surface area (Å²) >= 11 is 7.33. The zero-order valence-electron chi connectivity index (χ0n) is 16.6. The van der Waals surface area contributed by atoms with E-state index in [1.54, 1.807) is 25.1 Å².